The molecule has 6 nitrogen and oxygen atoms in total. The Morgan fingerprint density at radius 3 is 2.88 bits per heavy atom. The first-order valence-electron chi connectivity index (χ1n) is 8.51. The zero-order valence-electron chi connectivity index (χ0n) is 13.9. The summed E-state index contributed by atoms with van der Waals surface area (Å²) in [6, 6.07) is 4.11. The molecular weight excluding hydrogens is 310 g/mol. The molecule has 1 saturated heterocycles. The van der Waals surface area contributed by atoms with Gasteiger partial charge in [0.05, 0.1) is 17.1 Å². The number of ether oxygens (including phenoxy) is 4. The fourth-order valence-electron chi connectivity index (χ4n) is 5.18. The number of likely N-dealkylation sites (N-methyl/N-ethyl adjacent to an activating group) is 1. The fourth-order valence-corrected chi connectivity index (χ4v) is 5.18. The maximum Gasteiger partial charge on any atom is 0.338 e. The van der Waals surface area contributed by atoms with E-state index in [0.717, 1.165) is 37.1 Å². The van der Waals surface area contributed by atoms with E-state index in [4.69, 9.17) is 18.9 Å². The second kappa shape index (κ2) is 4.86. The smallest absolute Gasteiger partial charge is 0.338 e. The van der Waals surface area contributed by atoms with E-state index in [1.807, 2.05) is 6.07 Å². The summed E-state index contributed by atoms with van der Waals surface area (Å²) >= 11 is 0. The van der Waals surface area contributed by atoms with E-state index in [1.165, 1.54) is 0 Å². The Kier molecular flexibility index (Phi) is 2.95. The first kappa shape index (κ1) is 14.5. The second-order valence-corrected chi connectivity index (χ2v) is 7.27. The molecule has 24 heavy (non-hydrogen) atoms. The Morgan fingerprint density at radius 2 is 2.08 bits per heavy atom. The molecule has 128 valence electrons. The van der Waals surface area contributed by atoms with Crippen LogP contribution in [0.5, 0.6) is 11.5 Å². The minimum absolute atomic E-state index is 0.106. The van der Waals surface area contributed by atoms with Crippen molar-refractivity contribution in [1.82, 2.24) is 4.90 Å². The van der Waals surface area contributed by atoms with Gasteiger partial charge >= 0.3 is 5.97 Å². The highest BCUT2D eigenvalue weighted by molar-refractivity contribution is 5.94. The summed E-state index contributed by atoms with van der Waals surface area (Å²) in [6.45, 7) is 0.972. The van der Waals surface area contributed by atoms with Crippen LogP contribution in [0, 0.1) is 0 Å². The highest BCUT2D eigenvalue weighted by Crippen LogP contribution is 2.55. The van der Waals surface area contributed by atoms with Gasteiger partial charge in [0.15, 0.2) is 11.5 Å². The number of carbonyl (C=O) groups excluding carboxylic acids is 1. The van der Waals surface area contributed by atoms with E-state index in [9.17, 15) is 4.79 Å². The molecule has 1 aromatic carbocycles. The predicted molar refractivity (Wildman–Crippen MR) is 84.5 cm³/mol. The van der Waals surface area contributed by atoms with Crippen molar-refractivity contribution in [1.29, 1.82) is 0 Å². The lowest BCUT2D eigenvalue weighted by atomic mass is 9.62. The fraction of sp³-hybridized carbons (Fsp3) is 0.611. The SMILES string of the molecule is CO[C@@H]1CC[C@@]23c4cc5c(cc4C(=O)O[C@H]2CN(C)[C@H]3C1)OCO5. The van der Waals surface area contributed by atoms with Crippen LogP contribution in [0.4, 0.5) is 0 Å². The molecular formula is C18H21NO5. The molecule has 3 heterocycles. The van der Waals surface area contributed by atoms with Crippen LogP contribution in [-0.2, 0) is 14.9 Å². The van der Waals surface area contributed by atoms with Crippen LogP contribution in [0.3, 0.4) is 0 Å². The van der Waals surface area contributed by atoms with Crippen LogP contribution in [0.15, 0.2) is 12.1 Å². The van der Waals surface area contributed by atoms with Gasteiger partial charge in [0.2, 0.25) is 6.79 Å². The lowest BCUT2D eigenvalue weighted by Crippen LogP contribution is -2.55. The maximum atomic E-state index is 12.6. The third kappa shape index (κ3) is 1.70. The number of rotatable bonds is 1. The molecule has 0 N–H and O–H groups in total. The number of esters is 1. The van der Waals surface area contributed by atoms with Crippen molar-refractivity contribution in [3.8, 4) is 11.5 Å². The van der Waals surface area contributed by atoms with Gasteiger partial charge in [-0.2, -0.15) is 0 Å². The highest BCUT2D eigenvalue weighted by Gasteiger charge is 2.61. The van der Waals surface area contributed by atoms with Crippen molar-refractivity contribution < 1.29 is 23.7 Å². The van der Waals surface area contributed by atoms with Gasteiger partial charge in [-0.3, -0.25) is 4.90 Å². The van der Waals surface area contributed by atoms with E-state index in [-0.39, 0.29) is 30.4 Å². The Bertz CT molecular complexity index is 720. The van der Waals surface area contributed by atoms with Gasteiger partial charge in [-0.15, -0.1) is 0 Å². The molecule has 4 atom stereocenters. The molecule has 0 amide bonds. The number of nitrogens with zero attached hydrogens (tertiary/aromatic N) is 1. The summed E-state index contributed by atoms with van der Waals surface area (Å²) in [5.41, 5.74) is 1.53. The summed E-state index contributed by atoms with van der Waals surface area (Å²) < 4.78 is 22.5. The second-order valence-electron chi connectivity index (χ2n) is 7.27. The summed E-state index contributed by atoms with van der Waals surface area (Å²) in [6.07, 6.45) is 3.03. The topological polar surface area (TPSA) is 57.2 Å². The average Bonchev–Trinajstić information content (AvgIpc) is 3.16. The van der Waals surface area contributed by atoms with Crippen molar-refractivity contribution in [2.75, 3.05) is 27.5 Å². The monoisotopic (exact) mass is 331 g/mol. The van der Waals surface area contributed by atoms with Gasteiger partial charge in [0, 0.05) is 19.7 Å². The first-order chi connectivity index (χ1) is 11.6. The molecule has 4 aliphatic rings. The van der Waals surface area contributed by atoms with Crippen molar-refractivity contribution >= 4 is 5.97 Å². The number of fused-ring (bicyclic) bond motifs is 2. The molecule has 6 heteroatoms. The zero-order chi connectivity index (χ0) is 16.5. The van der Waals surface area contributed by atoms with Crippen LogP contribution >= 0.6 is 0 Å². The number of hydrogen-bond donors (Lipinski definition) is 0. The van der Waals surface area contributed by atoms with E-state index in [2.05, 4.69) is 11.9 Å². The third-order valence-electron chi connectivity index (χ3n) is 6.34. The van der Waals surface area contributed by atoms with Crippen molar-refractivity contribution in [3.63, 3.8) is 0 Å². The molecule has 5 rings (SSSR count). The Labute approximate surface area is 140 Å². The number of carbonyl (C=O) groups is 1. The molecule has 0 bridgehead atoms. The molecule has 1 spiro atoms. The quantitative estimate of drug-likeness (QED) is 0.730. The van der Waals surface area contributed by atoms with E-state index >= 15 is 0 Å². The van der Waals surface area contributed by atoms with Gasteiger partial charge in [-0.1, -0.05) is 0 Å². The zero-order valence-corrected chi connectivity index (χ0v) is 13.9. The predicted octanol–water partition coefficient (Wildman–Crippen LogP) is 1.70. The summed E-state index contributed by atoms with van der Waals surface area (Å²) in [5.74, 6) is 1.12. The minimum atomic E-state index is -0.248. The molecule has 1 saturated carbocycles. The lowest BCUT2D eigenvalue weighted by molar-refractivity contribution is -0.0208. The molecule has 1 aliphatic carbocycles. The van der Waals surface area contributed by atoms with Gasteiger partial charge < -0.3 is 18.9 Å². The van der Waals surface area contributed by atoms with Crippen LogP contribution in [0.25, 0.3) is 0 Å². The number of benzene rings is 1. The summed E-state index contributed by atoms with van der Waals surface area (Å²) in [5, 5.41) is 0. The minimum Gasteiger partial charge on any atom is -0.456 e. The van der Waals surface area contributed by atoms with Crippen LogP contribution < -0.4 is 9.47 Å². The maximum absolute atomic E-state index is 12.6. The van der Waals surface area contributed by atoms with E-state index < -0.39 is 0 Å². The summed E-state index contributed by atoms with van der Waals surface area (Å²) in [4.78, 5) is 14.9. The largest absolute Gasteiger partial charge is 0.456 e. The molecule has 1 aromatic rings. The Balaban J connectivity index is 1.69. The van der Waals surface area contributed by atoms with Gasteiger partial charge in [0.25, 0.3) is 0 Å². The third-order valence-corrected chi connectivity index (χ3v) is 6.34. The van der Waals surface area contributed by atoms with Crippen LogP contribution in [-0.4, -0.2) is 56.6 Å². The standard InChI is InChI=1S/C18H21NO5/c1-19-8-16-18(4-3-10(21-2)5-15(18)19)12-7-14-13(22-9-23-14)6-11(12)17(20)24-16/h6-7,10,15-16H,3-5,8-9H2,1-2H3/t10-,15+,16+,18+/m1/s1. The van der Waals surface area contributed by atoms with Crippen molar-refractivity contribution in [2.45, 2.75) is 42.9 Å². The van der Waals surface area contributed by atoms with Gasteiger partial charge in [0.1, 0.15) is 6.10 Å². The number of methoxy groups -OCH3 is 1. The van der Waals surface area contributed by atoms with Crippen LogP contribution in [0.2, 0.25) is 0 Å². The van der Waals surface area contributed by atoms with Gasteiger partial charge in [-0.25, -0.2) is 4.79 Å². The first-order valence-corrected chi connectivity index (χ1v) is 8.51. The molecule has 0 unspecified atom stereocenters. The Morgan fingerprint density at radius 1 is 1.29 bits per heavy atom. The van der Waals surface area contributed by atoms with Gasteiger partial charge in [-0.05, 0) is 44.0 Å². The van der Waals surface area contributed by atoms with Crippen LogP contribution in [0.1, 0.15) is 35.2 Å². The van der Waals surface area contributed by atoms with Crippen molar-refractivity contribution in [3.05, 3.63) is 23.3 Å². The molecule has 3 aliphatic heterocycles. The number of hydrogen-bond acceptors (Lipinski definition) is 6. The molecule has 0 aromatic heterocycles. The highest BCUT2D eigenvalue weighted by atomic mass is 16.7. The average molecular weight is 331 g/mol. The number of likely N-dealkylation sites (tertiary alicyclic amines) is 1. The van der Waals surface area contributed by atoms with Crippen molar-refractivity contribution in [2.24, 2.45) is 0 Å². The lowest BCUT2D eigenvalue weighted by Gasteiger charge is -2.48. The normalized spacial score (nSPS) is 36.8. The van der Waals surface area contributed by atoms with E-state index in [1.54, 1.807) is 13.2 Å². The molecule has 2 fully saturated rings. The van der Waals surface area contributed by atoms with E-state index in [0.29, 0.717) is 17.4 Å². The molecule has 0 radical (unpaired) electrons. The Hall–Kier alpha value is -1.79. The summed E-state index contributed by atoms with van der Waals surface area (Å²) in [7, 11) is 3.89.